The zero-order chi connectivity index (χ0) is 6.85. The van der Waals surface area contributed by atoms with Crippen LogP contribution in [0.3, 0.4) is 0 Å². The number of hydrogen-bond donors (Lipinski definition) is 1. The molecule has 1 aliphatic heterocycles. The van der Waals surface area contributed by atoms with Crippen molar-refractivity contribution in [3.63, 3.8) is 0 Å². The summed E-state index contributed by atoms with van der Waals surface area (Å²) in [5.41, 5.74) is 0. The molecule has 52 valence electrons. The van der Waals surface area contributed by atoms with Crippen molar-refractivity contribution in [3.05, 3.63) is 0 Å². The molecule has 9 heavy (non-hydrogen) atoms. The van der Waals surface area contributed by atoms with Gasteiger partial charge in [-0.2, -0.15) is 0 Å². The standard InChI is InChI=1S/C5H7INO2/c1-6-3-2-4(8)7-5(3)9/h3H,2H2,1H3,(H,7,8,9)/q-1. The second-order valence-corrected chi connectivity index (χ2v) is 4.55. The summed E-state index contributed by atoms with van der Waals surface area (Å²) in [6.45, 7) is 0. The first-order valence-corrected chi connectivity index (χ1v) is 5.96. The molecule has 1 fully saturated rings. The van der Waals surface area contributed by atoms with E-state index in [0.717, 1.165) is 0 Å². The Morgan fingerprint density at radius 3 is 2.56 bits per heavy atom. The third-order valence-electron chi connectivity index (χ3n) is 1.18. The van der Waals surface area contributed by atoms with Crippen LogP contribution < -0.4 is 26.5 Å². The van der Waals surface area contributed by atoms with Crippen LogP contribution in [0.25, 0.3) is 0 Å². The molecule has 0 aromatic carbocycles. The molecule has 1 aliphatic rings. The molecule has 0 aromatic heterocycles. The van der Waals surface area contributed by atoms with Crippen molar-refractivity contribution >= 4 is 11.8 Å². The molecule has 1 unspecified atom stereocenters. The summed E-state index contributed by atoms with van der Waals surface area (Å²) in [5.74, 6) is -0.165. The minimum absolute atomic E-state index is 0.0521. The Morgan fingerprint density at radius 1 is 1.67 bits per heavy atom. The summed E-state index contributed by atoms with van der Waals surface area (Å²) in [4.78, 5) is 23.2. The van der Waals surface area contributed by atoms with Gasteiger partial charge in [0.2, 0.25) is 0 Å². The molecule has 1 heterocycles. The quantitative estimate of drug-likeness (QED) is 0.289. The number of carbonyl (C=O) groups is 2. The Morgan fingerprint density at radius 2 is 2.33 bits per heavy atom. The van der Waals surface area contributed by atoms with E-state index in [0.29, 0.717) is 6.42 Å². The SMILES string of the molecule is C[I-]C1CC(=O)NC1=O. The predicted molar refractivity (Wildman–Crippen MR) is 27.5 cm³/mol. The number of amides is 2. The van der Waals surface area contributed by atoms with E-state index in [9.17, 15) is 9.59 Å². The first-order valence-electron chi connectivity index (χ1n) is 2.55. The van der Waals surface area contributed by atoms with Gasteiger partial charge >= 0.3 is 63.2 Å². The normalized spacial score (nSPS) is 27.0. The van der Waals surface area contributed by atoms with E-state index < -0.39 is 0 Å². The van der Waals surface area contributed by atoms with Crippen molar-refractivity contribution < 1.29 is 30.8 Å². The summed E-state index contributed by atoms with van der Waals surface area (Å²) in [5, 5.41) is 2.27. The van der Waals surface area contributed by atoms with Crippen LogP contribution in [0.2, 0.25) is 0 Å². The van der Waals surface area contributed by atoms with Crippen LogP contribution >= 0.6 is 0 Å². The van der Waals surface area contributed by atoms with Crippen LogP contribution in [-0.4, -0.2) is 20.7 Å². The van der Waals surface area contributed by atoms with Crippen LogP contribution in [0.4, 0.5) is 0 Å². The Labute approximate surface area is 63.5 Å². The molecule has 1 saturated heterocycles. The van der Waals surface area contributed by atoms with Gasteiger partial charge in [-0.05, 0) is 0 Å². The van der Waals surface area contributed by atoms with Gasteiger partial charge in [0.25, 0.3) is 0 Å². The van der Waals surface area contributed by atoms with E-state index >= 15 is 0 Å². The predicted octanol–water partition coefficient (Wildman–Crippen LogP) is -3.88. The van der Waals surface area contributed by atoms with Crippen LogP contribution in [0.15, 0.2) is 0 Å². The number of hydrogen-bond acceptors (Lipinski definition) is 2. The Bertz CT molecular complexity index is 157. The third kappa shape index (κ3) is 1.41. The number of alkyl halides is 2. The second-order valence-electron chi connectivity index (χ2n) is 1.80. The van der Waals surface area contributed by atoms with Crippen LogP contribution in [0.5, 0.6) is 0 Å². The monoisotopic (exact) mass is 240 g/mol. The van der Waals surface area contributed by atoms with Gasteiger partial charge in [-0.15, -0.1) is 0 Å². The molecule has 3 nitrogen and oxygen atoms in total. The summed E-state index contributed by atoms with van der Waals surface area (Å²) in [7, 11) is 0. The van der Waals surface area contributed by atoms with Gasteiger partial charge in [0.15, 0.2) is 0 Å². The summed E-state index contributed by atoms with van der Waals surface area (Å²) in [6.07, 6.45) is 0.433. The van der Waals surface area contributed by atoms with Crippen LogP contribution in [-0.2, 0) is 9.59 Å². The number of nitrogens with one attached hydrogen (secondary N) is 1. The molecule has 4 heteroatoms. The van der Waals surface area contributed by atoms with E-state index in [1.807, 2.05) is 4.93 Å². The van der Waals surface area contributed by atoms with Gasteiger partial charge in [-0.3, -0.25) is 0 Å². The molecule has 1 atom stereocenters. The van der Waals surface area contributed by atoms with Crippen LogP contribution in [0.1, 0.15) is 6.42 Å². The van der Waals surface area contributed by atoms with E-state index in [2.05, 4.69) is 5.32 Å². The third-order valence-corrected chi connectivity index (χ3v) is 3.68. The van der Waals surface area contributed by atoms with Crippen molar-refractivity contribution in [2.24, 2.45) is 0 Å². The molecule has 0 saturated carbocycles. The average molecular weight is 240 g/mol. The zero-order valence-corrected chi connectivity index (χ0v) is 7.14. The summed E-state index contributed by atoms with van der Waals surface area (Å²) >= 11 is -0.0964. The molecular formula is C5H7INO2-. The average Bonchev–Trinajstić information content (AvgIpc) is 2.10. The molecule has 1 rings (SSSR count). The fourth-order valence-corrected chi connectivity index (χ4v) is 2.26. The van der Waals surface area contributed by atoms with Gasteiger partial charge in [0.1, 0.15) is 0 Å². The molecule has 2 amide bonds. The number of imide groups is 1. The number of carbonyl (C=O) groups excluding carboxylic acids is 2. The van der Waals surface area contributed by atoms with E-state index in [4.69, 9.17) is 0 Å². The van der Waals surface area contributed by atoms with Gasteiger partial charge in [-0.25, -0.2) is 0 Å². The zero-order valence-electron chi connectivity index (χ0n) is 4.98. The summed E-state index contributed by atoms with van der Waals surface area (Å²) in [6, 6.07) is 0. The van der Waals surface area contributed by atoms with Crippen molar-refractivity contribution in [1.29, 1.82) is 0 Å². The molecular weight excluding hydrogens is 233 g/mol. The molecule has 0 bridgehead atoms. The fraction of sp³-hybridized carbons (Fsp3) is 0.600. The second kappa shape index (κ2) is 2.64. The Kier molecular flexibility index (Phi) is 2.05. The first-order chi connectivity index (χ1) is 4.24. The van der Waals surface area contributed by atoms with Gasteiger partial charge < -0.3 is 0 Å². The molecule has 0 aromatic rings. The topological polar surface area (TPSA) is 46.2 Å². The minimum atomic E-state index is -0.105. The fourth-order valence-electron chi connectivity index (χ4n) is 0.698. The molecule has 0 aliphatic carbocycles. The van der Waals surface area contributed by atoms with Gasteiger partial charge in [-0.1, -0.05) is 0 Å². The van der Waals surface area contributed by atoms with Gasteiger partial charge in [0, 0.05) is 0 Å². The van der Waals surface area contributed by atoms with Crippen molar-refractivity contribution in [1.82, 2.24) is 5.32 Å². The van der Waals surface area contributed by atoms with E-state index in [1.54, 1.807) is 0 Å². The van der Waals surface area contributed by atoms with E-state index in [-0.39, 0.29) is 36.9 Å². The number of halogens is 1. The maximum atomic E-state index is 10.7. The molecule has 0 spiro atoms. The Balaban J connectivity index is 2.58. The summed E-state index contributed by atoms with van der Waals surface area (Å²) < 4.78 is 0.0521. The first kappa shape index (κ1) is 6.98. The van der Waals surface area contributed by atoms with Crippen molar-refractivity contribution in [3.8, 4) is 0 Å². The number of rotatable bonds is 1. The Hall–Kier alpha value is -0.130. The molecule has 0 radical (unpaired) electrons. The van der Waals surface area contributed by atoms with Crippen LogP contribution in [0, 0.1) is 0 Å². The maximum absolute atomic E-state index is 10.7. The molecule has 1 N–H and O–H groups in total. The van der Waals surface area contributed by atoms with E-state index in [1.165, 1.54) is 0 Å². The van der Waals surface area contributed by atoms with Crippen molar-refractivity contribution in [2.45, 2.75) is 10.3 Å². The van der Waals surface area contributed by atoms with Crippen molar-refractivity contribution in [2.75, 3.05) is 4.93 Å². The van der Waals surface area contributed by atoms with Gasteiger partial charge in [0.05, 0.1) is 0 Å².